The fraction of sp³-hybridized carbons (Fsp3) is 0.263. The van der Waals surface area contributed by atoms with E-state index in [9.17, 15) is 4.79 Å². The first kappa shape index (κ1) is 15.5. The maximum atomic E-state index is 12.7. The molecule has 1 fully saturated rings. The van der Waals surface area contributed by atoms with Gasteiger partial charge < -0.3 is 0 Å². The van der Waals surface area contributed by atoms with Crippen LogP contribution in [-0.4, -0.2) is 26.9 Å². The SMILES string of the molecule is Cc1nn(C)cc1/C=N\NC(=O)c1cc(C2CC2)nc2ccccc12. The molecule has 6 heteroatoms. The molecule has 1 aliphatic rings. The van der Waals surface area contributed by atoms with Gasteiger partial charge in [-0.15, -0.1) is 0 Å². The minimum atomic E-state index is -0.224. The molecular formula is C19H19N5O. The highest BCUT2D eigenvalue weighted by atomic mass is 16.2. The fourth-order valence-corrected chi connectivity index (χ4v) is 2.94. The monoisotopic (exact) mass is 333 g/mol. The number of para-hydroxylation sites is 1. The van der Waals surface area contributed by atoms with Gasteiger partial charge in [0.15, 0.2) is 0 Å². The number of fused-ring (bicyclic) bond motifs is 1. The molecule has 0 unspecified atom stereocenters. The number of nitrogens with one attached hydrogen (secondary N) is 1. The Hall–Kier alpha value is -3.02. The first-order valence-corrected chi connectivity index (χ1v) is 8.35. The fourth-order valence-electron chi connectivity index (χ4n) is 2.94. The molecule has 25 heavy (non-hydrogen) atoms. The maximum absolute atomic E-state index is 12.7. The minimum absolute atomic E-state index is 0.224. The summed E-state index contributed by atoms with van der Waals surface area (Å²) in [6.07, 6.45) is 5.76. The lowest BCUT2D eigenvalue weighted by Gasteiger charge is -2.08. The van der Waals surface area contributed by atoms with E-state index in [-0.39, 0.29) is 5.91 Å². The summed E-state index contributed by atoms with van der Waals surface area (Å²) < 4.78 is 1.72. The Bertz CT molecular complexity index is 985. The number of carbonyl (C=O) groups is 1. The lowest BCUT2D eigenvalue weighted by atomic mass is 10.1. The van der Waals surface area contributed by atoms with Crippen molar-refractivity contribution in [1.29, 1.82) is 0 Å². The Morgan fingerprint density at radius 2 is 2.16 bits per heavy atom. The van der Waals surface area contributed by atoms with Crippen molar-refractivity contribution in [3.8, 4) is 0 Å². The lowest BCUT2D eigenvalue weighted by Crippen LogP contribution is -2.18. The van der Waals surface area contributed by atoms with Gasteiger partial charge in [0.05, 0.1) is 23.0 Å². The van der Waals surface area contributed by atoms with Crippen LogP contribution in [0.2, 0.25) is 0 Å². The van der Waals surface area contributed by atoms with Gasteiger partial charge in [-0.05, 0) is 31.9 Å². The topological polar surface area (TPSA) is 72.2 Å². The van der Waals surface area contributed by atoms with Crippen LogP contribution in [-0.2, 0) is 7.05 Å². The van der Waals surface area contributed by atoms with Crippen LogP contribution in [0.1, 0.15) is 46.1 Å². The molecule has 0 atom stereocenters. The average molecular weight is 333 g/mol. The van der Waals surface area contributed by atoms with E-state index in [2.05, 4.69) is 15.6 Å². The molecule has 0 bridgehead atoms. The molecule has 6 nitrogen and oxygen atoms in total. The highest BCUT2D eigenvalue weighted by molar-refractivity contribution is 6.06. The van der Waals surface area contributed by atoms with Crippen LogP contribution in [0.4, 0.5) is 0 Å². The van der Waals surface area contributed by atoms with E-state index < -0.39 is 0 Å². The van der Waals surface area contributed by atoms with Crippen molar-refractivity contribution < 1.29 is 4.79 Å². The molecule has 0 aliphatic heterocycles. The Morgan fingerprint density at radius 3 is 2.88 bits per heavy atom. The molecule has 0 saturated heterocycles. The van der Waals surface area contributed by atoms with E-state index in [4.69, 9.17) is 4.98 Å². The van der Waals surface area contributed by atoms with Crippen LogP contribution in [0.3, 0.4) is 0 Å². The van der Waals surface area contributed by atoms with Crippen molar-refractivity contribution in [1.82, 2.24) is 20.2 Å². The minimum Gasteiger partial charge on any atom is -0.275 e. The summed E-state index contributed by atoms with van der Waals surface area (Å²) in [5, 5.41) is 9.19. The number of rotatable bonds is 4. The summed E-state index contributed by atoms with van der Waals surface area (Å²) in [6.45, 7) is 1.90. The smallest absolute Gasteiger partial charge is 0.272 e. The summed E-state index contributed by atoms with van der Waals surface area (Å²) in [7, 11) is 1.85. The largest absolute Gasteiger partial charge is 0.275 e. The summed E-state index contributed by atoms with van der Waals surface area (Å²) in [4.78, 5) is 17.4. The predicted octanol–water partition coefficient (Wildman–Crippen LogP) is 2.92. The van der Waals surface area contributed by atoms with Crippen LogP contribution in [0.25, 0.3) is 10.9 Å². The Balaban J connectivity index is 1.62. The molecule has 1 saturated carbocycles. The van der Waals surface area contributed by atoms with E-state index >= 15 is 0 Å². The van der Waals surface area contributed by atoms with E-state index in [0.29, 0.717) is 11.5 Å². The van der Waals surface area contributed by atoms with Gasteiger partial charge in [-0.2, -0.15) is 10.2 Å². The molecular weight excluding hydrogens is 314 g/mol. The van der Waals surface area contributed by atoms with Gasteiger partial charge in [0.25, 0.3) is 5.91 Å². The standard InChI is InChI=1S/C19H19N5O/c1-12-14(11-24(2)23-12)10-20-22-19(25)16-9-18(13-7-8-13)21-17-6-4-3-5-15(16)17/h3-6,9-11,13H,7-8H2,1-2H3,(H,22,25)/b20-10-. The van der Waals surface area contributed by atoms with Crippen LogP contribution in [0, 0.1) is 6.92 Å². The van der Waals surface area contributed by atoms with Gasteiger partial charge >= 0.3 is 0 Å². The predicted molar refractivity (Wildman–Crippen MR) is 96.7 cm³/mol. The van der Waals surface area contributed by atoms with Gasteiger partial charge in [-0.3, -0.25) is 14.5 Å². The average Bonchev–Trinajstić information content (AvgIpc) is 3.40. The molecule has 3 aromatic rings. The highest BCUT2D eigenvalue weighted by Crippen LogP contribution is 2.40. The van der Waals surface area contributed by atoms with Gasteiger partial charge in [0.1, 0.15) is 0 Å². The van der Waals surface area contributed by atoms with E-state index in [1.165, 1.54) is 0 Å². The van der Waals surface area contributed by atoms with Crippen LogP contribution >= 0.6 is 0 Å². The van der Waals surface area contributed by atoms with Crippen LogP contribution in [0.5, 0.6) is 0 Å². The maximum Gasteiger partial charge on any atom is 0.272 e. The molecule has 0 spiro atoms. The van der Waals surface area contributed by atoms with Crippen molar-refractivity contribution in [2.24, 2.45) is 12.1 Å². The number of hydrogen-bond donors (Lipinski definition) is 1. The van der Waals surface area contributed by atoms with Gasteiger partial charge in [0.2, 0.25) is 0 Å². The number of aromatic nitrogens is 3. The normalized spacial score (nSPS) is 14.3. The number of benzene rings is 1. The lowest BCUT2D eigenvalue weighted by molar-refractivity contribution is 0.0956. The first-order chi connectivity index (χ1) is 12.1. The molecule has 2 heterocycles. The van der Waals surface area contributed by atoms with Crippen LogP contribution < -0.4 is 5.43 Å². The third kappa shape index (κ3) is 3.15. The van der Waals surface area contributed by atoms with E-state index in [1.54, 1.807) is 10.9 Å². The number of hydrazone groups is 1. The molecule has 1 N–H and O–H groups in total. The van der Waals surface area contributed by atoms with E-state index in [0.717, 1.165) is 40.7 Å². The van der Waals surface area contributed by atoms with Gasteiger partial charge in [-0.25, -0.2) is 5.43 Å². The first-order valence-electron chi connectivity index (χ1n) is 8.35. The molecule has 2 aromatic heterocycles. The number of pyridine rings is 1. The van der Waals surface area contributed by atoms with Crippen molar-refractivity contribution in [2.75, 3.05) is 0 Å². The molecule has 0 radical (unpaired) electrons. The Labute approximate surface area is 145 Å². The van der Waals surface area contributed by atoms with Crippen molar-refractivity contribution in [3.05, 3.63) is 59.0 Å². The summed E-state index contributed by atoms with van der Waals surface area (Å²) >= 11 is 0. The molecule has 1 amide bonds. The second-order valence-corrected chi connectivity index (χ2v) is 6.43. The number of aryl methyl sites for hydroxylation is 2. The molecule has 1 aromatic carbocycles. The quantitative estimate of drug-likeness (QED) is 0.589. The molecule has 126 valence electrons. The van der Waals surface area contributed by atoms with Gasteiger partial charge in [-0.1, -0.05) is 18.2 Å². The van der Waals surface area contributed by atoms with Crippen molar-refractivity contribution in [2.45, 2.75) is 25.7 Å². The zero-order valence-electron chi connectivity index (χ0n) is 14.2. The highest BCUT2D eigenvalue weighted by Gasteiger charge is 2.26. The zero-order valence-corrected chi connectivity index (χ0v) is 14.2. The van der Waals surface area contributed by atoms with Crippen molar-refractivity contribution >= 4 is 23.0 Å². The Morgan fingerprint density at radius 1 is 1.36 bits per heavy atom. The summed E-state index contributed by atoms with van der Waals surface area (Å²) in [6, 6.07) is 9.63. The Kier molecular flexibility index (Phi) is 3.80. The zero-order chi connectivity index (χ0) is 17.4. The third-order valence-corrected chi connectivity index (χ3v) is 4.40. The molecule has 4 rings (SSSR count). The second kappa shape index (κ2) is 6.12. The van der Waals surface area contributed by atoms with Gasteiger partial charge in [0, 0.05) is 35.8 Å². The summed E-state index contributed by atoms with van der Waals surface area (Å²) in [5.74, 6) is 0.260. The number of carbonyl (C=O) groups excluding carboxylic acids is 1. The number of hydrogen-bond acceptors (Lipinski definition) is 4. The molecule has 1 aliphatic carbocycles. The van der Waals surface area contributed by atoms with Crippen molar-refractivity contribution in [3.63, 3.8) is 0 Å². The third-order valence-electron chi connectivity index (χ3n) is 4.40. The second-order valence-electron chi connectivity index (χ2n) is 6.43. The number of amides is 1. The number of nitrogens with zero attached hydrogens (tertiary/aromatic N) is 4. The van der Waals surface area contributed by atoms with E-state index in [1.807, 2.05) is 50.5 Å². The summed E-state index contributed by atoms with van der Waals surface area (Å²) in [5.41, 5.74) is 6.84. The van der Waals surface area contributed by atoms with Crippen LogP contribution in [0.15, 0.2) is 41.6 Å².